The maximum atomic E-state index is 13.2. The van der Waals surface area contributed by atoms with Gasteiger partial charge in [0.25, 0.3) is 0 Å². The highest BCUT2D eigenvalue weighted by Crippen LogP contribution is 2.27. The van der Waals surface area contributed by atoms with Crippen molar-refractivity contribution in [2.45, 2.75) is 51.4 Å². The van der Waals surface area contributed by atoms with Crippen LogP contribution in [0.2, 0.25) is 0 Å². The highest BCUT2D eigenvalue weighted by atomic mass is 16.7. The summed E-state index contributed by atoms with van der Waals surface area (Å²) >= 11 is 0. The average molecular weight is 475 g/mol. The molecule has 1 atom stereocenters. The molecule has 1 aliphatic carbocycles. The summed E-state index contributed by atoms with van der Waals surface area (Å²) in [6.45, 7) is 2.25. The van der Waals surface area contributed by atoms with Crippen molar-refractivity contribution >= 4 is 5.91 Å². The Bertz CT molecular complexity index is 864. The van der Waals surface area contributed by atoms with E-state index in [1.807, 2.05) is 12.1 Å². The lowest BCUT2D eigenvalue weighted by molar-refractivity contribution is -0.178. The lowest BCUT2D eigenvalue weighted by atomic mass is 9.89. The Labute approximate surface area is 200 Å². The monoisotopic (exact) mass is 474 g/mol. The van der Waals surface area contributed by atoms with Gasteiger partial charge in [0.05, 0.1) is 18.2 Å². The molecule has 2 aromatic heterocycles. The van der Waals surface area contributed by atoms with E-state index in [2.05, 4.69) is 21.9 Å². The smallest absolute Gasteiger partial charge is 0.316 e. The SMILES string of the molecule is COCO[C@H](COc1ncccn1)N(COC)C(=O)Cc1cc(OC2CCC(C)CC2)ccn1. The number of methoxy groups -OCH3 is 2. The van der Waals surface area contributed by atoms with E-state index in [4.69, 9.17) is 23.7 Å². The van der Waals surface area contributed by atoms with Gasteiger partial charge in [0.15, 0.2) is 6.23 Å². The zero-order valence-electron chi connectivity index (χ0n) is 20.1. The Morgan fingerprint density at radius 1 is 1.09 bits per heavy atom. The van der Waals surface area contributed by atoms with E-state index >= 15 is 0 Å². The number of hydrogen-bond donors (Lipinski definition) is 0. The van der Waals surface area contributed by atoms with Gasteiger partial charge in [-0.2, -0.15) is 0 Å². The molecule has 0 unspecified atom stereocenters. The second kappa shape index (κ2) is 13.8. The summed E-state index contributed by atoms with van der Waals surface area (Å²) in [7, 11) is 3.01. The summed E-state index contributed by atoms with van der Waals surface area (Å²) < 4.78 is 27.8. The summed E-state index contributed by atoms with van der Waals surface area (Å²) in [5.74, 6) is 1.24. The molecule has 0 N–H and O–H groups in total. The standard InChI is InChI=1S/C24H34N4O6/c1-18-5-7-20(8-6-18)34-21-9-12-25-19(13-21)14-22(29)28(16-30-2)23(33-17-31-3)15-32-24-26-10-4-11-27-24/h4,9-13,18,20,23H,5-8,14-17H2,1-3H3/t18?,20?,23-/m1/s1. The van der Waals surface area contributed by atoms with Crippen LogP contribution in [-0.2, 0) is 25.4 Å². The van der Waals surface area contributed by atoms with Gasteiger partial charge in [-0.05, 0) is 43.7 Å². The van der Waals surface area contributed by atoms with Gasteiger partial charge in [-0.25, -0.2) is 9.97 Å². The Hall–Kier alpha value is -2.82. The Kier molecular flexibility index (Phi) is 10.5. The molecule has 10 heteroatoms. The molecule has 1 amide bonds. The number of carbonyl (C=O) groups excluding carboxylic acids is 1. The lowest BCUT2D eigenvalue weighted by Crippen LogP contribution is -2.47. The maximum absolute atomic E-state index is 13.2. The van der Waals surface area contributed by atoms with Crippen molar-refractivity contribution in [1.82, 2.24) is 19.9 Å². The van der Waals surface area contributed by atoms with Crippen LogP contribution in [-0.4, -0.2) is 72.4 Å². The van der Waals surface area contributed by atoms with E-state index in [0.29, 0.717) is 5.69 Å². The van der Waals surface area contributed by atoms with Gasteiger partial charge in [0.2, 0.25) is 5.91 Å². The fraction of sp³-hybridized carbons (Fsp3) is 0.583. The second-order valence-electron chi connectivity index (χ2n) is 8.31. The Morgan fingerprint density at radius 3 is 2.56 bits per heavy atom. The number of ether oxygens (including phenoxy) is 5. The van der Waals surface area contributed by atoms with Gasteiger partial charge in [0, 0.05) is 38.9 Å². The third-order valence-electron chi connectivity index (χ3n) is 5.60. The molecule has 1 saturated carbocycles. The summed E-state index contributed by atoms with van der Waals surface area (Å²) in [6.07, 6.45) is 8.72. The molecule has 0 spiro atoms. The highest BCUT2D eigenvalue weighted by molar-refractivity contribution is 5.78. The molecule has 10 nitrogen and oxygen atoms in total. The van der Waals surface area contributed by atoms with Crippen molar-refractivity contribution in [1.29, 1.82) is 0 Å². The summed E-state index contributed by atoms with van der Waals surface area (Å²) in [4.78, 5) is 27.1. The number of nitrogens with zero attached hydrogens (tertiary/aromatic N) is 4. The number of aromatic nitrogens is 3. The van der Waals surface area contributed by atoms with Crippen LogP contribution in [0.5, 0.6) is 11.8 Å². The van der Waals surface area contributed by atoms with Crippen molar-refractivity contribution in [2.75, 3.05) is 34.4 Å². The fourth-order valence-electron chi connectivity index (χ4n) is 3.76. The molecule has 1 fully saturated rings. The van der Waals surface area contributed by atoms with E-state index in [9.17, 15) is 4.79 Å². The van der Waals surface area contributed by atoms with E-state index < -0.39 is 6.23 Å². The lowest BCUT2D eigenvalue weighted by Gasteiger charge is -2.30. The van der Waals surface area contributed by atoms with Gasteiger partial charge in [-0.15, -0.1) is 0 Å². The molecule has 0 aromatic carbocycles. The third kappa shape index (κ3) is 8.19. The average Bonchev–Trinajstić information content (AvgIpc) is 2.85. The molecule has 34 heavy (non-hydrogen) atoms. The van der Waals surface area contributed by atoms with Crippen LogP contribution in [0.15, 0.2) is 36.8 Å². The van der Waals surface area contributed by atoms with Gasteiger partial charge in [-0.3, -0.25) is 14.7 Å². The van der Waals surface area contributed by atoms with E-state index in [1.165, 1.54) is 32.0 Å². The normalized spacial score (nSPS) is 18.8. The minimum Gasteiger partial charge on any atom is -0.490 e. The van der Waals surface area contributed by atoms with Gasteiger partial charge < -0.3 is 23.7 Å². The van der Waals surface area contributed by atoms with Crippen LogP contribution in [0.25, 0.3) is 0 Å². The minimum atomic E-state index is -0.778. The Balaban J connectivity index is 1.64. The van der Waals surface area contributed by atoms with Crippen LogP contribution < -0.4 is 9.47 Å². The first kappa shape index (κ1) is 25.8. The minimum absolute atomic E-state index is 0.000838. The third-order valence-corrected chi connectivity index (χ3v) is 5.60. The number of hydrogen-bond acceptors (Lipinski definition) is 9. The second-order valence-corrected chi connectivity index (χ2v) is 8.31. The van der Waals surface area contributed by atoms with Gasteiger partial charge >= 0.3 is 6.01 Å². The molecule has 0 radical (unpaired) electrons. The van der Waals surface area contributed by atoms with Crippen molar-refractivity contribution in [2.24, 2.45) is 5.92 Å². The molecular weight excluding hydrogens is 440 g/mol. The number of pyridine rings is 1. The predicted molar refractivity (Wildman–Crippen MR) is 123 cm³/mol. The quantitative estimate of drug-likeness (QED) is 0.405. The highest BCUT2D eigenvalue weighted by Gasteiger charge is 2.26. The summed E-state index contributed by atoms with van der Waals surface area (Å²) in [5.41, 5.74) is 0.602. The molecule has 0 aliphatic heterocycles. The van der Waals surface area contributed by atoms with Crippen molar-refractivity contribution in [3.8, 4) is 11.8 Å². The number of carbonyl (C=O) groups is 1. The van der Waals surface area contributed by atoms with Gasteiger partial charge in [-0.1, -0.05) is 6.92 Å². The Morgan fingerprint density at radius 2 is 1.85 bits per heavy atom. The molecule has 2 aromatic rings. The first-order valence-electron chi connectivity index (χ1n) is 11.5. The first-order chi connectivity index (χ1) is 16.6. The summed E-state index contributed by atoms with van der Waals surface area (Å²) in [5, 5.41) is 0. The number of amides is 1. The molecular formula is C24H34N4O6. The van der Waals surface area contributed by atoms with E-state index in [-0.39, 0.29) is 44.6 Å². The van der Waals surface area contributed by atoms with Gasteiger partial charge in [0.1, 0.15) is 25.9 Å². The largest absolute Gasteiger partial charge is 0.490 e. The van der Waals surface area contributed by atoms with E-state index in [1.54, 1.807) is 24.7 Å². The topological polar surface area (TPSA) is 105 Å². The van der Waals surface area contributed by atoms with Crippen molar-refractivity contribution in [3.63, 3.8) is 0 Å². The van der Waals surface area contributed by atoms with Crippen LogP contribution >= 0.6 is 0 Å². The zero-order valence-corrected chi connectivity index (χ0v) is 20.1. The predicted octanol–water partition coefficient (Wildman–Crippen LogP) is 2.83. The van der Waals surface area contributed by atoms with E-state index in [0.717, 1.165) is 24.5 Å². The van der Waals surface area contributed by atoms with Crippen LogP contribution in [0.1, 0.15) is 38.3 Å². The molecule has 1 aliphatic rings. The molecule has 0 bridgehead atoms. The molecule has 0 saturated heterocycles. The zero-order chi connectivity index (χ0) is 24.2. The van der Waals surface area contributed by atoms with Crippen LogP contribution in [0.4, 0.5) is 0 Å². The fourth-order valence-corrected chi connectivity index (χ4v) is 3.76. The van der Waals surface area contributed by atoms with Crippen LogP contribution in [0, 0.1) is 5.92 Å². The molecule has 2 heterocycles. The van der Waals surface area contributed by atoms with Crippen molar-refractivity contribution < 1.29 is 28.5 Å². The number of rotatable bonds is 13. The summed E-state index contributed by atoms with van der Waals surface area (Å²) in [6, 6.07) is 5.52. The molecule has 3 rings (SSSR count). The van der Waals surface area contributed by atoms with Crippen LogP contribution in [0.3, 0.4) is 0 Å². The first-order valence-corrected chi connectivity index (χ1v) is 11.5. The van der Waals surface area contributed by atoms with Crippen molar-refractivity contribution in [3.05, 3.63) is 42.5 Å². The maximum Gasteiger partial charge on any atom is 0.316 e. The molecule has 186 valence electrons.